The van der Waals surface area contributed by atoms with E-state index in [1.165, 1.54) is 10.8 Å². The maximum absolute atomic E-state index is 11.5. The van der Waals surface area contributed by atoms with Gasteiger partial charge in [-0.15, -0.1) is 0 Å². The van der Waals surface area contributed by atoms with Crippen LogP contribution in [-0.2, 0) is 4.74 Å². The summed E-state index contributed by atoms with van der Waals surface area (Å²) in [7, 11) is 0. The van der Waals surface area contributed by atoms with Gasteiger partial charge >= 0.3 is 5.69 Å². The van der Waals surface area contributed by atoms with Crippen LogP contribution < -0.4 is 11.2 Å². The van der Waals surface area contributed by atoms with Gasteiger partial charge in [-0.1, -0.05) is 0 Å². The number of aromatic nitrogens is 2. The molecule has 2 atom stereocenters. The maximum Gasteiger partial charge on any atom is 0.330 e. The largest absolute Gasteiger partial charge is 0.391 e. The molecule has 1 unspecified atom stereocenters. The Morgan fingerprint density at radius 3 is 2.88 bits per heavy atom. The number of hydrogen-bond acceptors (Lipinski definition) is 4. The summed E-state index contributed by atoms with van der Waals surface area (Å²) >= 11 is 0. The van der Waals surface area contributed by atoms with E-state index in [9.17, 15) is 14.7 Å². The number of aromatic amines is 1. The Morgan fingerprint density at radius 2 is 2.25 bits per heavy atom. The third-order valence-electron chi connectivity index (χ3n) is 2.68. The number of nitrogens with one attached hydrogen (secondary N) is 1. The predicted octanol–water partition coefficient (Wildman–Crippen LogP) is -0.485. The topological polar surface area (TPSA) is 84.3 Å². The van der Waals surface area contributed by atoms with Gasteiger partial charge in [-0.3, -0.25) is 14.3 Å². The average Bonchev–Trinajstić information content (AvgIpc) is 2.25. The Bertz CT molecular complexity index is 482. The van der Waals surface area contributed by atoms with Crippen molar-refractivity contribution in [1.82, 2.24) is 9.55 Å². The minimum absolute atomic E-state index is 0.218. The summed E-state index contributed by atoms with van der Waals surface area (Å²) in [6, 6.07) is 0. The fourth-order valence-corrected chi connectivity index (χ4v) is 1.74. The Hall–Kier alpha value is -1.40. The molecular weight excluding hydrogens is 212 g/mol. The van der Waals surface area contributed by atoms with Crippen molar-refractivity contribution < 1.29 is 9.84 Å². The summed E-state index contributed by atoms with van der Waals surface area (Å²) in [5.74, 6) is 0. The zero-order valence-electron chi connectivity index (χ0n) is 8.97. The Balaban J connectivity index is 2.31. The molecule has 0 spiro atoms. The van der Waals surface area contributed by atoms with E-state index in [0.29, 0.717) is 18.4 Å². The van der Waals surface area contributed by atoms with Gasteiger partial charge in [0.1, 0.15) is 6.23 Å². The van der Waals surface area contributed by atoms with Crippen molar-refractivity contribution in [3.05, 3.63) is 32.6 Å². The molecule has 1 aliphatic rings. The molecule has 1 aromatic rings. The lowest BCUT2D eigenvalue weighted by atomic mass is 10.1. The zero-order chi connectivity index (χ0) is 11.7. The van der Waals surface area contributed by atoms with Crippen LogP contribution in [0.1, 0.15) is 24.6 Å². The van der Waals surface area contributed by atoms with Gasteiger partial charge in [-0.05, 0) is 19.8 Å². The summed E-state index contributed by atoms with van der Waals surface area (Å²) in [6.45, 7) is 1.85. The highest BCUT2D eigenvalue weighted by atomic mass is 16.5. The van der Waals surface area contributed by atoms with Crippen LogP contribution in [0.5, 0.6) is 0 Å². The van der Waals surface area contributed by atoms with Crippen molar-refractivity contribution in [2.45, 2.75) is 32.1 Å². The van der Waals surface area contributed by atoms with E-state index in [1.54, 1.807) is 6.92 Å². The van der Waals surface area contributed by atoms with Crippen LogP contribution in [0.2, 0.25) is 0 Å². The van der Waals surface area contributed by atoms with Crippen molar-refractivity contribution >= 4 is 0 Å². The maximum atomic E-state index is 11.5. The second kappa shape index (κ2) is 4.23. The summed E-state index contributed by atoms with van der Waals surface area (Å²) < 4.78 is 6.71. The molecule has 0 aliphatic carbocycles. The molecule has 0 aromatic carbocycles. The number of ether oxygens (including phenoxy) is 1. The van der Waals surface area contributed by atoms with Gasteiger partial charge in [0.2, 0.25) is 0 Å². The summed E-state index contributed by atoms with van der Waals surface area (Å²) in [6.07, 6.45) is 1.79. The lowest BCUT2D eigenvalue weighted by molar-refractivity contribution is -0.0905. The average molecular weight is 226 g/mol. The summed E-state index contributed by atoms with van der Waals surface area (Å²) in [5.41, 5.74) is -0.386. The Labute approximate surface area is 91.5 Å². The van der Waals surface area contributed by atoms with E-state index in [-0.39, 0.29) is 12.2 Å². The number of hydrogen-bond donors (Lipinski definition) is 2. The van der Waals surface area contributed by atoms with E-state index in [2.05, 4.69) is 4.98 Å². The third-order valence-corrected chi connectivity index (χ3v) is 2.68. The lowest BCUT2D eigenvalue weighted by Gasteiger charge is -2.27. The Morgan fingerprint density at radius 1 is 1.50 bits per heavy atom. The van der Waals surface area contributed by atoms with Gasteiger partial charge in [-0.2, -0.15) is 0 Å². The van der Waals surface area contributed by atoms with Crippen molar-refractivity contribution in [1.29, 1.82) is 0 Å². The molecule has 16 heavy (non-hydrogen) atoms. The molecule has 1 saturated heterocycles. The van der Waals surface area contributed by atoms with E-state index in [4.69, 9.17) is 4.74 Å². The summed E-state index contributed by atoms with van der Waals surface area (Å²) in [4.78, 5) is 24.9. The molecule has 6 heteroatoms. The number of aliphatic hydroxyl groups is 1. The molecule has 0 bridgehead atoms. The lowest BCUT2D eigenvalue weighted by Crippen LogP contribution is -2.37. The smallest absolute Gasteiger partial charge is 0.330 e. The first kappa shape index (κ1) is 11.1. The van der Waals surface area contributed by atoms with E-state index in [0.717, 1.165) is 0 Å². The standard InChI is InChI=1S/C10H14N2O4/c1-6-4-12(10(15)11-9(6)14)8-3-2-7(13)5-16-8/h4,7-8,13H,2-3,5H2,1H3,(H,11,14,15)/t7?,8-/m0/s1. The van der Waals surface area contributed by atoms with Gasteiger partial charge in [0.25, 0.3) is 5.56 Å². The van der Waals surface area contributed by atoms with Crippen molar-refractivity contribution in [3.63, 3.8) is 0 Å². The first-order chi connectivity index (χ1) is 7.58. The van der Waals surface area contributed by atoms with Gasteiger partial charge in [0.15, 0.2) is 0 Å². The molecule has 6 nitrogen and oxygen atoms in total. The first-order valence-electron chi connectivity index (χ1n) is 5.19. The van der Waals surface area contributed by atoms with Crippen LogP contribution in [0.4, 0.5) is 0 Å². The second-order valence-corrected chi connectivity index (χ2v) is 4.00. The summed E-state index contributed by atoms with van der Waals surface area (Å²) in [5, 5.41) is 9.27. The first-order valence-corrected chi connectivity index (χ1v) is 5.19. The van der Waals surface area contributed by atoms with E-state index in [1.807, 2.05) is 0 Å². The molecule has 2 N–H and O–H groups in total. The Kier molecular flexibility index (Phi) is 2.93. The molecule has 1 aliphatic heterocycles. The van der Waals surface area contributed by atoms with Crippen LogP contribution in [-0.4, -0.2) is 27.4 Å². The number of aliphatic hydroxyl groups excluding tert-OH is 1. The predicted molar refractivity (Wildman–Crippen MR) is 56.3 cm³/mol. The highest BCUT2D eigenvalue weighted by Crippen LogP contribution is 2.20. The second-order valence-electron chi connectivity index (χ2n) is 4.00. The molecular formula is C10H14N2O4. The fraction of sp³-hybridized carbons (Fsp3) is 0.600. The number of H-pyrrole nitrogens is 1. The number of aryl methyl sites for hydroxylation is 1. The molecule has 1 aromatic heterocycles. The highest BCUT2D eigenvalue weighted by Gasteiger charge is 2.22. The van der Waals surface area contributed by atoms with Crippen molar-refractivity contribution in [3.8, 4) is 0 Å². The zero-order valence-corrected chi connectivity index (χ0v) is 8.97. The van der Waals surface area contributed by atoms with Gasteiger partial charge < -0.3 is 9.84 Å². The minimum Gasteiger partial charge on any atom is -0.391 e. The third kappa shape index (κ3) is 2.07. The molecule has 1 fully saturated rings. The van der Waals surface area contributed by atoms with Crippen LogP contribution in [0.25, 0.3) is 0 Å². The molecule has 2 rings (SSSR count). The molecule has 0 amide bonds. The molecule has 0 saturated carbocycles. The minimum atomic E-state index is -0.475. The molecule has 0 radical (unpaired) electrons. The van der Waals surface area contributed by atoms with Crippen LogP contribution in [0.15, 0.2) is 15.8 Å². The van der Waals surface area contributed by atoms with Crippen molar-refractivity contribution in [2.24, 2.45) is 0 Å². The van der Waals surface area contributed by atoms with Gasteiger partial charge in [-0.25, -0.2) is 4.79 Å². The number of nitrogens with zero attached hydrogens (tertiary/aromatic N) is 1. The number of rotatable bonds is 1. The SMILES string of the molecule is Cc1cn([C@@H]2CCC(O)CO2)c(=O)[nH]c1=O. The van der Waals surface area contributed by atoms with Gasteiger partial charge in [0, 0.05) is 11.8 Å². The fourth-order valence-electron chi connectivity index (χ4n) is 1.74. The monoisotopic (exact) mass is 226 g/mol. The quantitative estimate of drug-likeness (QED) is 0.677. The molecule has 2 heterocycles. The highest BCUT2D eigenvalue weighted by molar-refractivity contribution is 5.01. The molecule has 88 valence electrons. The van der Waals surface area contributed by atoms with Crippen LogP contribution >= 0.6 is 0 Å². The van der Waals surface area contributed by atoms with E-state index >= 15 is 0 Å². The van der Waals surface area contributed by atoms with Crippen molar-refractivity contribution in [2.75, 3.05) is 6.61 Å². The normalized spacial score (nSPS) is 25.6. The van der Waals surface area contributed by atoms with E-state index < -0.39 is 18.0 Å². The van der Waals surface area contributed by atoms with Crippen LogP contribution in [0.3, 0.4) is 0 Å². The van der Waals surface area contributed by atoms with Gasteiger partial charge in [0.05, 0.1) is 12.7 Å². The van der Waals surface area contributed by atoms with Crippen LogP contribution in [0, 0.1) is 6.92 Å².